The minimum Gasteiger partial charge on any atom is -0.342 e. The third kappa shape index (κ3) is 4.43. The minimum absolute atomic E-state index is 0.0973. The zero-order chi connectivity index (χ0) is 18.7. The van der Waals surface area contributed by atoms with Gasteiger partial charge in [-0.15, -0.1) is 0 Å². The lowest BCUT2D eigenvalue weighted by Gasteiger charge is -2.33. The highest BCUT2D eigenvalue weighted by atomic mass is 32.2. The van der Waals surface area contributed by atoms with Crippen LogP contribution in [0.25, 0.3) is 0 Å². The number of benzene rings is 1. The molecule has 2 aliphatic rings. The average molecular weight is 383 g/mol. The smallest absolute Gasteiger partial charge is 0.243 e. The Morgan fingerprint density at radius 1 is 1.15 bits per heavy atom. The van der Waals surface area contributed by atoms with Gasteiger partial charge >= 0.3 is 0 Å². The fourth-order valence-corrected chi connectivity index (χ4v) is 5.00. The summed E-state index contributed by atoms with van der Waals surface area (Å²) in [5.74, 6) is 0.280. The Kier molecular flexibility index (Phi) is 5.97. The molecule has 144 valence electrons. The number of hydrogen-bond donors (Lipinski definition) is 0. The van der Waals surface area contributed by atoms with Gasteiger partial charge in [0.25, 0.3) is 0 Å². The second-order valence-electron chi connectivity index (χ2n) is 7.36. The van der Waals surface area contributed by atoms with Crippen molar-refractivity contribution >= 4 is 15.9 Å². The maximum absolute atomic E-state index is 13.0. The first-order valence-electron chi connectivity index (χ1n) is 9.46. The van der Waals surface area contributed by atoms with Gasteiger partial charge < -0.3 is 4.90 Å². The summed E-state index contributed by atoms with van der Waals surface area (Å²) in [5, 5.41) is 0. The molecule has 1 aromatic carbocycles. The monoisotopic (exact) mass is 382 g/mol. The van der Waals surface area contributed by atoms with Gasteiger partial charge in [-0.1, -0.05) is 6.92 Å². The summed E-state index contributed by atoms with van der Waals surface area (Å²) < 4.78 is 39.8. The number of carbonyl (C=O) groups excluding carboxylic acids is 1. The van der Waals surface area contributed by atoms with Crippen LogP contribution >= 0.6 is 0 Å². The van der Waals surface area contributed by atoms with E-state index in [4.69, 9.17) is 0 Å². The van der Waals surface area contributed by atoms with Gasteiger partial charge in [0.1, 0.15) is 5.82 Å². The molecule has 0 radical (unpaired) electrons. The second-order valence-corrected chi connectivity index (χ2v) is 9.30. The molecule has 3 rings (SSSR count). The number of sulfonamides is 1. The number of piperidine rings is 1. The van der Waals surface area contributed by atoms with Gasteiger partial charge in [0.15, 0.2) is 0 Å². The molecule has 0 aromatic heterocycles. The van der Waals surface area contributed by atoms with Crippen molar-refractivity contribution in [2.24, 2.45) is 11.8 Å². The van der Waals surface area contributed by atoms with Gasteiger partial charge in [0.2, 0.25) is 15.9 Å². The molecule has 1 saturated carbocycles. The Morgan fingerprint density at radius 2 is 1.77 bits per heavy atom. The topological polar surface area (TPSA) is 57.7 Å². The van der Waals surface area contributed by atoms with Crippen LogP contribution in [-0.4, -0.2) is 49.7 Å². The van der Waals surface area contributed by atoms with E-state index in [0.717, 1.165) is 31.6 Å². The average Bonchev–Trinajstić information content (AvgIpc) is 3.45. The highest BCUT2D eigenvalue weighted by molar-refractivity contribution is 7.89. The second kappa shape index (κ2) is 8.05. The third-order valence-corrected chi connectivity index (χ3v) is 7.15. The maximum atomic E-state index is 13.0. The van der Waals surface area contributed by atoms with Gasteiger partial charge in [0, 0.05) is 32.1 Å². The molecule has 1 aliphatic carbocycles. The first-order valence-corrected chi connectivity index (χ1v) is 10.9. The minimum atomic E-state index is -3.63. The highest BCUT2D eigenvalue weighted by Gasteiger charge is 2.35. The Morgan fingerprint density at radius 3 is 2.31 bits per heavy atom. The van der Waals surface area contributed by atoms with Crippen LogP contribution in [0.15, 0.2) is 29.2 Å². The van der Waals surface area contributed by atoms with E-state index in [-0.39, 0.29) is 16.7 Å². The molecule has 1 aromatic rings. The molecule has 7 heteroatoms. The third-order valence-electron chi connectivity index (χ3n) is 5.24. The Bertz CT molecular complexity index is 724. The number of nitrogens with zero attached hydrogens (tertiary/aromatic N) is 2. The summed E-state index contributed by atoms with van der Waals surface area (Å²) in [6.45, 7) is 4.37. The molecule has 0 unspecified atom stereocenters. The lowest BCUT2D eigenvalue weighted by atomic mass is 9.96. The van der Waals surface area contributed by atoms with Crippen molar-refractivity contribution in [1.82, 2.24) is 9.21 Å². The summed E-state index contributed by atoms with van der Waals surface area (Å²) in [6.07, 6.45) is 4.45. The van der Waals surface area contributed by atoms with Crippen LogP contribution in [0.1, 0.15) is 39.0 Å². The van der Waals surface area contributed by atoms with Crippen LogP contribution in [0, 0.1) is 17.7 Å². The fourth-order valence-electron chi connectivity index (χ4n) is 3.53. The van der Waals surface area contributed by atoms with Crippen LogP contribution in [0.5, 0.6) is 0 Å². The van der Waals surface area contributed by atoms with Crippen LogP contribution < -0.4 is 0 Å². The van der Waals surface area contributed by atoms with Crippen LogP contribution in [-0.2, 0) is 14.8 Å². The molecule has 1 amide bonds. The van der Waals surface area contributed by atoms with E-state index in [1.54, 1.807) is 0 Å². The summed E-state index contributed by atoms with van der Waals surface area (Å²) in [4.78, 5) is 14.9. The van der Waals surface area contributed by atoms with E-state index in [1.807, 2.05) is 4.90 Å². The predicted molar refractivity (Wildman–Crippen MR) is 97.5 cm³/mol. The quantitative estimate of drug-likeness (QED) is 0.729. The van der Waals surface area contributed by atoms with E-state index >= 15 is 0 Å². The Hall–Kier alpha value is -1.47. The lowest BCUT2D eigenvalue weighted by Crippen LogP contribution is -2.45. The normalized spacial score (nSPS) is 19.5. The predicted octanol–water partition coefficient (Wildman–Crippen LogP) is 2.88. The van der Waals surface area contributed by atoms with Crippen LogP contribution in [0.3, 0.4) is 0 Å². The number of rotatable bonds is 7. The van der Waals surface area contributed by atoms with E-state index in [2.05, 4.69) is 6.92 Å². The summed E-state index contributed by atoms with van der Waals surface area (Å²) in [5.41, 5.74) is 0. The zero-order valence-corrected chi connectivity index (χ0v) is 16.0. The maximum Gasteiger partial charge on any atom is 0.243 e. The molecule has 0 N–H and O–H groups in total. The van der Waals surface area contributed by atoms with Crippen LogP contribution in [0.2, 0.25) is 0 Å². The summed E-state index contributed by atoms with van der Waals surface area (Å²) in [6, 6.07) is 4.90. The number of hydrogen-bond acceptors (Lipinski definition) is 3. The molecule has 0 spiro atoms. The van der Waals surface area contributed by atoms with Crippen molar-refractivity contribution in [3.63, 3.8) is 0 Å². The number of halogens is 1. The van der Waals surface area contributed by atoms with E-state index < -0.39 is 15.8 Å². The van der Waals surface area contributed by atoms with Gasteiger partial charge in [-0.05, 0) is 62.3 Å². The lowest BCUT2D eigenvalue weighted by molar-refractivity contribution is -0.137. The first-order chi connectivity index (χ1) is 12.4. The van der Waals surface area contributed by atoms with Gasteiger partial charge in [-0.2, -0.15) is 4.31 Å². The van der Waals surface area contributed by atoms with Gasteiger partial charge in [-0.3, -0.25) is 4.79 Å². The Labute approximate surface area is 155 Å². The molecular weight excluding hydrogens is 355 g/mol. The Balaban J connectivity index is 1.60. The number of carbonyl (C=O) groups is 1. The SMILES string of the molecule is CCCN(CC1CC1)C(=O)C1CCN(S(=O)(=O)c2ccc(F)cc2)CC1. The van der Waals surface area contributed by atoms with Gasteiger partial charge in [-0.25, -0.2) is 12.8 Å². The largest absolute Gasteiger partial charge is 0.342 e. The van der Waals surface area contributed by atoms with Crippen molar-refractivity contribution in [3.05, 3.63) is 30.1 Å². The number of amides is 1. The van der Waals surface area contributed by atoms with Gasteiger partial charge in [0.05, 0.1) is 4.90 Å². The standard InChI is InChI=1S/C19H27FN2O3S/c1-2-11-21(14-15-3-4-15)19(23)16-9-12-22(13-10-16)26(24,25)18-7-5-17(20)6-8-18/h5-8,15-16H,2-4,9-14H2,1H3. The summed E-state index contributed by atoms with van der Waals surface area (Å²) >= 11 is 0. The molecule has 1 saturated heterocycles. The van der Waals surface area contributed by atoms with Crippen molar-refractivity contribution in [3.8, 4) is 0 Å². The molecule has 0 bridgehead atoms. The summed E-state index contributed by atoms with van der Waals surface area (Å²) in [7, 11) is -3.63. The van der Waals surface area contributed by atoms with Crippen molar-refractivity contribution in [2.75, 3.05) is 26.2 Å². The molecule has 5 nitrogen and oxygen atoms in total. The molecule has 0 atom stereocenters. The van der Waals surface area contributed by atoms with Crippen molar-refractivity contribution in [2.45, 2.75) is 43.9 Å². The first kappa shape index (κ1) is 19.3. The molecular formula is C19H27FN2O3S. The molecule has 1 heterocycles. The molecule has 1 aliphatic heterocycles. The molecule has 26 heavy (non-hydrogen) atoms. The zero-order valence-electron chi connectivity index (χ0n) is 15.2. The fraction of sp³-hybridized carbons (Fsp3) is 0.632. The van der Waals surface area contributed by atoms with E-state index in [0.29, 0.717) is 31.8 Å². The van der Waals surface area contributed by atoms with Crippen LogP contribution in [0.4, 0.5) is 4.39 Å². The molecule has 2 fully saturated rings. The van der Waals surface area contributed by atoms with E-state index in [1.165, 1.54) is 29.3 Å². The highest BCUT2D eigenvalue weighted by Crippen LogP contribution is 2.31. The van der Waals surface area contributed by atoms with Crippen molar-refractivity contribution in [1.29, 1.82) is 0 Å². The van der Waals surface area contributed by atoms with E-state index in [9.17, 15) is 17.6 Å². The van der Waals surface area contributed by atoms with Crippen molar-refractivity contribution < 1.29 is 17.6 Å².